The van der Waals surface area contributed by atoms with Crippen LogP contribution in [0, 0.1) is 0 Å². The molecule has 4 N–H and O–H groups in total. The first kappa shape index (κ1) is 19.0. The normalized spacial score (nSPS) is 19.8. The highest BCUT2D eigenvalue weighted by molar-refractivity contribution is 6.01. The SMILES string of the molecule is CCCC(=O)N(C(=O)C1CCCN1)C(C(=O)O)C(O)CC(=O)O. The van der Waals surface area contributed by atoms with Gasteiger partial charge in [0.1, 0.15) is 0 Å². The lowest BCUT2D eigenvalue weighted by atomic mass is 10.0. The number of carboxylic acids is 2. The molecule has 0 aliphatic carbocycles. The lowest BCUT2D eigenvalue weighted by Gasteiger charge is -2.31. The molecule has 1 aliphatic heterocycles. The van der Waals surface area contributed by atoms with Gasteiger partial charge in [-0.25, -0.2) is 4.79 Å². The number of nitrogens with one attached hydrogen (secondary N) is 1. The van der Waals surface area contributed by atoms with Crippen LogP contribution in [0.25, 0.3) is 0 Å². The molecular weight excluding hydrogens is 308 g/mol. The number of rotatable bonds is 8. The number of carbonyl (C=O) groups excluding carboxylic acids is 2. The Labute approximate surface area is 133 Å². The van der Waals surface area contributed by atoms with Crippen molar-refractivity contribution in [3.63, 3.8) is 0 Å². The zero-order valence-corrected chi connectivity index (χ0v) is 12.9. The second-order valence-corrected chi connectivity index (χ2v) is 5.45. The smallest absolute Gasteiger partial charge is 0.329 e. The van der Waals surface area contributed by atoms with Gasteiger partial charge in [0.15, 0.2) is 6.04 Å². The Balaban J connectivity index is 3.11. The predicted molar refractivity (Wildman–Crippen MR) is 77.5 cm³/mol. The second-order valence-electron chi connectivity index (χ2n) is 5.45. The standard InChI is InChI=1S/C14H22N2O7/c1-2-4-10(18)16(13(21)8-5-3-6-15-8)12(14(22)23)9(17)7-11(19)20/h8-9,12,15,17H,2-7H2,1H3,(H,19,20)(H,22,23). The van der Waals surface area contributed by atoms with Gasteiger partial charge in [0, 0.05) is 6.42 Å². The lowest BCUT2D eigenvalue weighted by Crippen LogP contribution is -2.58. The molecule has 2 amide bonds. The number of imide groups is 1. The molecule has 1 aliphatic rings. The molecular formula is C14H22N2O7. The molecule has 9 heteroatoms. The van der Waals surface area contributed by atoms with E-state index in [1.54, 1.807) is 6.92 Å². The van der Waals surface area contributed by atoms with E-state index >= 15 is 0 Å². The average molecular weight is 330 g/mol. The van der Waals surface area contributed by atoms with Gasteiger partial charge in [-0.15, -0.1) is 0 Å². The van der Waals surface area contributed by atoms with Crippen molar-refractivity contribution in [1.29, 1.82) is 0 Å². The van der Waals surface area contributed by atoms with Gasteiger partial charge in [0.2, 0.25) is 11.8 Å². The maximum atomic E-state index is 12.5. The summed E-state index contributed by atoms with van der Waals surface area (Å²) < 4.78 is 0. The van der Waals surface area contributed by atoms with Crippen molar-refractivity contribution >= 4 is 23.8 Å². The summed E-state index contributed by atoms with van der Waals surface area (Å²) in [5.41, 5.74) is 0. The number of hydrogen-bond acceptors (Lipinski definition) is 6. The third-order valence-electron chi connectivity index (χ3n) is 3.61. The minimum Gasteiger partial charge on any atom is -0.481 e. The highest BCUT2D eigenvalue weighted by atomic mass is 16.4. The van der Waals surface area contributed by atoms with Crippen LogP contribution in [0.15, 0.2) is 0 Å². The molecule has 0 radical (unpaired) electrons. The number of aliphatic hydroxyl groups is 1. The van der Waals surface area contributed by atoms with Crippen molar-refractivity contribution in [1.82, 2.24) is 10.2 Å². The van der Waals surface area contributed by atoms with E-state index in [1.165, 1.54) is 0 Å². The summed E-state index contributed by atoms with van der Waals surface area (Å²) in [4.78, 5) is 47.5. The molecule has 0 bridgehead atoms. The van der Waals surface area contributed by atoms with Crippen LogP contribution in [0.5, 0.6) is 0 Å². The molecule has 1 saturated heterocycles. The van der Waals surface area contributed by atoms with Gasteiger partial charge in [-0.3, -0.25) is 19.3 Å². The summed E-state index contributed by atoms with van der Waals surface area (Å²) in [6.07, 6.45) is -1.27. The summed E-state index contributed by atoms with van der Waals surface area (Å²) in [5.74, 6) is -4.51. The van der Waals surface area contributed by atoms with Crippen LogP contribution in [0.2, 0.25) is 0 Å². The molecule has 1 heterocycles. The van der Waals surface area contributed by atoms with Gasteiger partial charge in [-0.05, 0) is 25.8 Å². The molecule has 0 aromatic carbocycles. The van der Waals surface area contributed by atoms with Crippen molar-refractivity contribution in [2.45, 2.75) is 57.2 Å². The molecule has 3 atom stereocenters. The van der Waals surface area contributed by atoms with E-state index in [2.05, 4.69) is 5.32 Å². The topological polar surface area (TPSA) is 144 Å². The molecule has 0 aromatic heterocycles. The molecule has 130 valence electrons. The highest BCUT2D eigenvalue weighted by Gasteiger charge is 2.42. The van der Waals surface area contributed by atoms with E-state index in [0.717, 1.165) is 0 Å². The van der Waals surface area contributed by atoms with E-state index in [4.69, 9.17) is 5.11 Å². The van der Waals surface area contributed by atoms with Gasteiger partial charge in [0.25, 0.3) is 0 Å². The van der Waals surface area contributed by atoms with Crippen LogP contribution in [-0.2, 0) is 19.2 Å². The third kappa shape index (κ3) is 5.00. The Bertz CT molecular complexity index is 474. The van der Waals surface area contributed by atoms with Crippen molar-refractivity contribution in [3.05, 3.63) is 0 Å². The monoisotopic (exact) mass is 330 g/mol. The summed E-state index contributed by atoms with van der Waals surface area (Å²) in [6.45, 7) is 2.26. The van der Waals surface area contributed by atoms with Gasteiger partial charge in [0.05, 0.1) is 18.6 Å². The van der Waals surface area contributed by atoms with Crippen LogP contribution in [0.4, 0.5) is 0 Å². The predicted octanol–water partition coefficient (Wildman–Crippen LogP) is -0.817. The van der Waals surface area contributed by atoms with Gasteiger partial charge in [-0.2, -0.15) is 0 Å². The molecule has 1 rings (SSSR count). The van der Waals surface area contributed by atoms with E-state index in [1.807, 2.05) is 0 Å². The number of aliphatic carboxylic acids is 2. The molecule has 3 unspecified atom stereocenters. The zero-order chi connectivity index (χ0) is 17.6. The summed E-state index contributed by atoms with van der Waals surface area (Å²) in [6, 6.07) is -2.62. The summed E-state index contributed by atoms with van der Waals surface area (Å²) in [5, 5.41) is 30.8. The molecule has 1 fully saturated rings. The van der Waals surface area contributed by atoms with Gasteiger partial charge in [-0.1, -0.05) is 6.92 Å². The largest absolute Gasteiger partial charge is 0.481 e. The quantitative estimate of drug-likeness (QED) is 0.452. The van der Waals surface area contributed by atoms with Crippen molar-refractivity contribution in [2.75, 3.05) is 6.54 Å². The number of carboxylic acid groups (broad SMARTS) is 2. The Morgan fingerprint density at radius 3 is 2.35 bits per heavy atom. The van der Waals surface area contributed by atoms with Gasteiger partial charge < -0.3 is 20.6 Å². The van der Waals surface area contributed by atoms with E-state index in [-0.39, 0.29) is 6.42 Å². The fourth-order valence-corrected chi connectivity index (χ4v) is 2.55. The molecule has 0 aromatic rings. The second kappa shape index (κ2) is 8.59. The van der Waals surface area contributed by atoms with E-state index in [0.29, 0.717) is 30.7 Å². The number of aliphatic hydroxyl groups excluding tert-OH is 1. The molecule has 0 spiro atoms. The van der Waals surface area contributed by atoms with Crippen molar-refractivity contribution in [2.24, 2.45) is 0 Å². The van der Waals surface area contributed by atoms with E-state index < -0.39 is 48.4 Å². The Morgan fingerprint density at radius 2 is 1.91 bits per heavy atom. The highest BCUT2D eigenvalue weighted by Crippen LogP contribution is 2.17. The minimum absolute atomic E-state index is 0.0674. The fraction of sp³-hybridized carbons (Fsp3) is 0.714. The lowest BCUT2D eigenvalue weighted by molar-refractivity contribution is -0.165. The molecule has 9 nitrogen and oxygen atoms in total. The van der Waals surface area contributed by atoms with E-state index in [9.17, 15) is 29.4 Å². The number of hydrogen-bond donors (Lipinski definition) is 4. The number of carbonyl (C=O) groups is 4. The number of nitrogens with zero attached hydrogens (tertiary/aromatic N) is 1. The summed E-state index contributed by atoms with van der Waals surface area (Å²) in [7, 11) is 0. The molecule has 0 saturated carbocycles. The Kier molecular flexibility index (Phi) is 7.11. The maximum absolute atomic E-state index is 12.5. The third-order valence-corrected chi connectivity index (χ3v) is 3.61. The van der Waals surface area contributed by atoms with Crippen molar-refractivity contribution in [3.8, 4) is 0 Å². The zero-order valence-electron chi connectivity index (χ0n) is 12.9. The van der Waals surface area contributed by atoms with Crippen LogP contribution >= 0.6 is 0 Å². The first-order valence-electron chi connectivity index (χ1n) is 7.51. The Hall–Kier alpha value is -2.00. The van der Waals surface area contributed by atoms with Crippen molar-refractivity contribution < 1.29 is 34.5 Å². The molecule has 23 heavy (non-hydrogen) atoms. The van der Waals surface area contributed by atoms with Crippen LogP contribution in [0.1, 0.15) is 39.0 Å². The summed E-state index contributed by atoms with van der Waals surface area (Å²) >= 11 is 0. The van der Waals surface area contributed by atoms with Crippen LogP contribution in [-0.4, -0.2) is 68.7 Å². The Morgan fingerprint density at radius 1 is 1.26 bits per heavy atom. The first-order chi connectivity index (χ1) is 10.8. The fourth-order valence-electron chi connectivity index (χ4n) is 2.55. The van der Waals surface area contributed by atoms with Gasteiger partial charge >= 0.3 is 11.9 Å². The maximum Gasteiger partial charge on any atom is 0.329 e. The average Bonchev–Trinajstić information content (AvgIpc) is 2.96. The number of amides is 2. The van der Waals surface area contributed by atoms with Crippen LogP contribution < -0.4 is 5.32 Å². The first-order valence-corrected chi connectivity index (χ1v) is 7.51. The minimum atomic E-state index is -1.92. The van der Waals surface area contributed by atoms with Crippen LogP contribution in [0.3, 0.4) is 0 Å².